The maximum Gasteiger partial charge on any atom is 0.308 e. The summed E-state index contributed by atoms with van der Waals surface area (Å²) in [5.74, 6) is -1.64. The average Bonchev–Trinajstić information content (AvgIpc) is 2.44. The third kappa shape index (κ3) is 5.01. The van der Waals surface area contributed by atoms with E-state index >= 15 is 0 Å². The lowest BCUT2D eigenvalue weighted by atomic mass is 10.0. The molecule has 5 nitrogen and oxygen atoms in total. The van der Waals surface area contributed by atoms with E-state index in [-0.39, 0.29) is 12.5 Å². The fourth-order valence-electron chi connectivity index (χ4n) is 1.97. The first kappa shape index (κ1) is 16.2. The molecule has 1 aromatic carbocycles. The van der Waals surface area contributed by atoms with Crippen LogP contribution >= 0.6 is 0 Å². The number of nitrogens with two attached hydrogens (primary N) is 1. The molecule has 1 aromatic rings. The van der Waals surface area contributed by atoms with Gasteiger partial charge in [-0.25, -0.2) is 0 Å². The Hall–Kier alpha value is -1.88. The molecule has 0 heterocycles. The van der Waals surface area contributed by atoms with E-state index in [0.29, 0.717) is 18.5 Å². The van der Waals surface area contributed by atoms with Gasteiger partial charge in [-0.15, -0.1) is 0 Å². The quantitative estimate of drug-likeness (QED) is 0.670. The molecule has 0 bridgehead atoms. The second kappa shape index (κ2) is 8.32. The van der Waals surface area contributed by atoms with Crippen LogP contribution in [0.3, 0.4) is 0 Å². The molecule has 0 aliphatic carbocycles. The van der Waals surface area contributed by atoms with Crippen LogP contribution < -0.4 is 11.1 Å². The number of carboxylic acids is 1. The summed E-state index contributed by atoms with van der Waals surface area (Å²) in [6.07, 6.45) is 2.12. The number of benzene rings is 1. The van der Waals surface area contributed by atoms with Crippen molar-refractivity contribution in [3.8, 4) is 0 Å². The highest BCUT2D eigenvalue weighted by Gasteiger charge is 2.17. The average molecular weight is 278 g/mol. The van der Waals surface area contributed by atoms with Gasteiger partial charge in [0.2, 0.25) is 0 Å². The molecule has 0 spiro atoms. The topological polar surface area (TPSA) is 92.4 Å². The molecule has 1 rings (SSSR count). The fourth-order valence-corrected chi connectivity index (χ4v) is 1.97. The van der Waals surface area contributed by atoms with Gasteiger partial charge in [0, 0.05) is 12.1 Å². The Morgan fingerprint density at radius 3 is 2.45 bits per heavy atom. The summed E-state index contributed by atoms with van der Waals surface area (Å²) in [4.78, 5) is 22.9. The van der Waals surface area contributed by atoms with Gasteiger partial charge in [-0.1, -0.05) is 25.5 Å². The van der Waals surface area contributed by atoms with Crippen molar-refractivity contribution in [3.63, 3.8) is 0 Å². The van der Waals surface area contributed by atoms with Gasteiger partial charge in [0.25, 0.3) is 5.91 Å². The third-order valence-electron chi connectivity index (χ3n) is 3.14. The molecule has 1 atom stereocenters. The van der Waals surface area contributed by atoms with Crippen molar-refractivity contribution in [2.45, 2.75) is 26.2 Å². The predicted molar refractivity (Wildman–Crippen MR) is 77.6 cm³/mol. The van der Waals surface area contributed by atoms with E-state index in [2.05, 4.69) is 5.32 Å². The van der Waals surface area contributed by atoms with Crippen molar-refractivity contribution in [2.75, 3.05) is 13.1 Å². The van der Waals surface area contributed by atoms with E-state index in [1.165, 1.54) is 0 Å². The van der Waals surface area contributed by atoms with Gasteiger partial charge < -0.3 is 16.2 Å². The Morgan fingerprint density at radius 1 is 1.30 bits per heavy atom. The van der Waals surface area contributed by atoms with Crippen molar-refractivity contribution in [3.05, 3.63) is 35.4 Å². The third-order valence-corrected chi connectivity index (χ3v) is 3.14. The minimum absolute atomic E-state index is 0.159. The lowest BCUT2D eigenvalue weighted by Crippen LogP contribution is -2.32. The van der Waals surface area contributed by atoms with Crippen LogP contribution in [0.4, 0.5) is 0 Å². The summed E-state index contributed by atoms with van der Waals surface area (Å²) in [6, 6.07) is 7.19. The molecule has 0 aromatic heterocycles. The molecule has 4 N–H and O–H groups in total. The van der Waals surface area contributed by atoms with E-state index < -0.39 is 11.9 Å². The number of nitrogens with one attached hydrogen (secondary N) is 1. The normalized spacial score (nSPS) is 11.9. The number of amides is 1. The van der Waals surface area contributed by atoms with Gasteiger partial charge in [0.05, 0.1) is 5.92 Å². The molecule has 5 heteroatoms. The highest BCUT2D eigenvalue weighted by Crippen LogP contribution is 2.07. The zero-order valence-electron chi connectivity index (χ0n) is 11.8. The SMILES string of the molecule is CCCC(CNC(=O)c1ccc(CCN)cc1)C(=O)O. The highest BCUT2D eigenvalue weighted by atomic mass is 16.4. The van der Waals surface area contributed by atoms with Crippen molar-refractivity contribution >= 4 is 11.9 Å². The number of carbonyl (C=O) groups is 2. The van der Waals surface area contributed by atoms with E-state index in [0.717, 1.165) is 18.4 Å². The number of hydrogen-bond acceptors (Lipinski definition) is 3. The summed E-state index contributed by atoms with van der Waals surface area (Å²) < 4.78 is 0. The van der Waals surface area contributed by atoms with E-state index in [1.54, 1.807) is 12.1 Å². The van der Waals surface area contributed by atoms with Gasteiger partial charge in [-0.05, 0) is 37.1 Å². The van der Waals surface area contributed by atoms with Crippen LogP contribution in [0, 0.1) is 5.92 Å². The second-order valence-corrected chi connectivity index (χ2v) is 4.77. The standard InChI is InChI=1S/C15H22N2O3/c1-2-3-13(15(19)20)10-17-14(18)12-6-4-11(5-7-12)8-9-16/h4-7,13H,2-3,8-10,16H2,1H3,(H,17,18)(H,19,20). The van der Waals surface area contributed by atoms with Gasteiger partial charge >= 0.3 is 5.97 Å². The van der Waals surface area contributed by atoms with Crippen LogP contribution in [-0.4, -0.2) is 30.1 Å². The summed E-state index contributed by atoms with van der Waals surface area (Å²) in [6.45, 7) is 2.66. The fraction of sp³-hybridized carbons (Fsp3) is 0.467. The Labute approximate surface area is 119 Å². The largest absolute Gasteiger partial charge is 0.481 e. The minimum atomic E-state index is -0.870. The molecule has 1 amide bonds. The molecule has 110 valence electrons. The molecule has 0 aliphatic heterocycles. The van der Waals surface area contributed by atoms with Crippen molar-refractivity contribution < 1.29 is 14.7 Å². The molecule has 1 unspecified atom stereocenters. The zero-order valence-corrected chi connectivity index (χ0v) is 11.8. The smallest absolute Gasteiger partial charge is 0.308 e. The Kier molecular flexibility index (Phi) is 6.73. The lowest BCUT2D eigenvalue weighted by molar-refractivity contribution is -0.141. The summed E-state index contributed by atoms with van der Waals surface area (Å²) in [7, 11) is 0. The van der Waals surface area contributed by atoms with Crippen LogP contribution in [0.25, 0.3) is 0 Å². The van der Waals surface area contributed by atoms with E-state index in [1.807, 2.05) is 19.1 Å². The van der Waals surface area contributed by atoms with Crippen LogP contribution in [0.5, 0.6) is 0 Å². The van der Waals surface area contributed by atoms with Gasteiger partial charge in [-0.2, -0.15) is 0 Å². The van der Waals surface area contributed by atoms with Crippen LogP contribution in [0.15, 0.2) is 24.3 Å². The van der Waals surface area contributed by atoms with Gasteiger partial charge in [0.1, 0.15) is 0 Å². The lowest BCUT2D eigenvalue weighted by Gasteiger charge is -2.12. The van der Waals surface area contributed by atoms with Crippen molar-refractivity contribution in [1.82, 2.24) is 5.32 Å². The first-order chi connectivity index (χ1) is 9.58. The van der Waals surface area contributed by atoms with E-state index in [9.17, 15) is 9.59 Å². The second-order valence-electron chi connectivity index (χ2n) is 4.77. The van der Waals surface area contributed by atoms with Gasteiger partial charge in [0.15, 0.2) is 0 Å². The summed E-state index contributed by atoms with van der Waals surface area (Å²) in [5.41, 5.74) is 7.08. The molecule has 0 aliphatic rings. The molecule has 0 saturated carbocycles. The molecule has 0 fully saturated rings. The summed E-state index contributed by atoms with van der Waals surface area (Å²) >= 11 is 0. The number of aliphatic carboxylic acids is 1. The molecular formula is C15H22N2O3. The van der Waals surface area contributed by atoms with E-state index in [4.69, 9.17) is 10.8 Å². The Morgan fingerprint density at radius 2 is 1.95 bits per heavy atom. The number of rotatable bonds is 8. The van der Waals surface area contributed by atoms with Crippen molar-refractivity contribution in [2.24, 2.45) is 11.7 Å². The zero-order chi connectivity index (χ0) is 15.0. The van der Waals surface area contributed by atoms with Crippen molar-refractivity contribution in [1.29, 1.82) is 0 Å². The van der Waals surface area contributed by atoms with Gasteiger partial charge in [-0.3, -0.25) is 9.59 Å². The molecule has 20 heavy (non-hydrogen) atoms. The van der Waals surface area contributed by atoms with Crippen LogP contribution in [-0.2, 0) is 11.2 Å². The number of hydrogen-bond donors (Lipinski definition) is 3. The monoisotopic (exact) mass is 278 g/mol. The number of carboxylic acid groups (broad SMARTS) is 1. The Bertz CT molecular complexity index is 443. The van der Waals surface area contributed by atoms with Crippen LogP contribution in [0.2, 0.25) is 0 Å². The number of carbonyl (C=O) groups excluding carboxylic acids is 1. The predicted octanol–water partition coefficient (Wildman–Crippen LogP) is 1.42. The first-order valence-corrected chi connectivity index (χ1v) is 6.88. The maximum absolute atomic E-state index is 11.9. The Balaban J connectivity index is 2.55. The maximum atomic E-state index is 11.9. The minimum Gasteiger partial charge on any atom is -0.481 e. The first-order valence-electron chi connectivity index (χ1n) is 6.88. The molecular weight excluding hydrogens is 256 g/mol. The highest BCUT2D eigenvalue weighted by molar-refractivity contribution is 5.94. The molecule has 0 radical (unpaired) electrons. The summed E-state index contributed by atoms with van der Waals surface area (Å²) in [5, 5.41) is 11.7. The van der Waals surface area contributed by atoms with Crippen LogP contribution in [0.1, 0.15) is 35.7 Å². The molecule has 0 saturated heterocycles.